The molecule has 4 saturated heterocycles. The maximum atomic E-state index is 14.4. The number of ether oxygens (including phenoxy) is 2. The highest BCUT2D eigenvalue weighted by molar-refractivity contribution is 5.89. The van der Waals surface area contributed by atoms with Gasteiger partial charge in [0.2, 0.25) is 11.8 Å². The van der Waals surface area contributed by atoms with Crippen molar-refractivity contribution in [3.05, 3.63) is 119 Å². The number of hydrogen-bond donors (Lipinski definition) is 4. The summed E-state index contributed by atoms with van der Waals surface area (Å²) in [6.45, 7) is 12.0. The Morgan fingerprint density at radius 2 is 1.24 bits per heavy atom. The van der Waals surface area contributed by atoms with E-state index < -0.39 is 24.3 Å². The summed E-state index contributed by atoms with van der Waals surface area (Å²) < 4.78 is 9.76. The maximum absolute atomic E-state index is 14.4. The quantitative estimate of drug-likeness (QED) is 0.0947. The predicted octanol–water partition coefficient (Wildman–Crippen LogP) is 10.1. The van der Waals surface area contributed by atoms with Gasteiger partial charge in [0.05, 0.1) is 50.1 Å². The van der Waals surface area contributed by atoms with Gasteiger partial charge in [0.15, 0.2) is 0 Å². The standard InChI is InChI=1S/C57H68N8O6/c1-31(2)48(62-56(68)70-6)54(66)64-42-22-18-38(19-23-42)50(64)52-58-29-46(60-52)37-15-12-36(13-16-37)44-28-40-17-14-35(44)10-8-34-9-11-41(26-33(40)5)45(27-34)47-30-59-53(61-47)51-39-20-24-43(25-21-39)65(51)55(67)49(32(3)4)63-57(69)71-7/h9,11-17,27-30,32-33,38-39,42-43,48-51H,1,8,10,18-26H2,2-7H3,(H,58,60)(H,59,61)(H,62,68)(H,63,69)/t33-,38?,39?,42?,43?,48+,49+,50+,51+/m1/s1. The third-order valence-electron chi connectivity index (χ3n) is 16.5. The number of aryl methyl sites for hydroxylation is 2. The Kier molecular flexibility index (Phi) is 13.4. The number of benzene rings is 3. The molecule has 2 saturated carbocycles. The van der Waals surface area contributed by atoms with Crippen molar-refractivity contribution in [1.29, 1.82) is 0 Å². The molecule has 2 aromatic heterocycles. The first-order valence-electron chi connectivity index (χ1n) is 25.7. The molecular weight excluding hydrogens is 893 g/mol. The molecule has 372 valence electrons. The van der Waals surface area contributed by atoms with Crippen molar-refractivity contribution in [2.24, 2.45) is 17.8 Å². The number of nitrogens with one attached hydrogen (secondary N) is 4. The minimum atomic E-state index is -0.882. The number of carbonyl (C=O) groups excluding carboxylic acids is 4. The number of amides is 4. The van der Waals surface area contributed by atoms with Crippen LogP contribution in [0, 0.1) is 17.8 Å². The van der Waals surface area contributed by atoms with Gasteiger partial charge < -0.3 is 39.9 Å². The summed E-state index contributed by atoms with van der Waals surface area (Å²) in [5.41, 5.74) is 12.0. The van der Waals surface area contributed by atoms with Gasteiger partial charge in [0.1, 0.15) is 23.7 Å². The van der Waals surface area contributed by atoms with Crippen molar-refractivity contribution in [3.63, 3.8) is 0 Å². The lowest BCUT2D eigenvalue weighted by molar-refractivity contribution is -0.149. The summed E-state index contributed by atoms with van der Waals surface area (Å²) in [6, 6.07) is 20.8. The van der Waals surface area contributed by atoms with Crippen LogP contribution in [0.15, 0.2) is 85.2 Å². The van der Waals surface area contributed by atoms with Gasteiger partial charge in [-0.25, -0.2) is 19.6 Å². The van der Waals surface area contributed by atoms with Crippen molar-refractivity contribution < 1.29 is 28.7 Å². The first kappa shape index (κ1) is 48.0. The van der Waals surface area contributed by atoms with E-state index in [1.165, 1.54) is 42.0 Å². The van der Waals surface area contributed by atoms with Crippen molar-refractivity contribution >= 4 is 24.0 Å². The van der Waals surface area contributed by atoms with Gasteiger partial charge in [-0.1, -0.05) is 81.9 Å². The van der Waals surface area contributed by atoms with Gasteiger partial charge in [-0.3, -0.25) is 9.59 Å². The minimum absolute atomic E-state index is 0.0653. The van der Waals surface area contributed by atoms with Gasteiger partial charge >= 0.3 is 12.2 Å². The van der Waals surface area contributed by atoms with Crippen molar-refractivity contribution in [2.75, 3.05) is 14.2 Å². The van der Waals surface area contributed by atoms with E-state index in [9.17, 15) is 19.2 Å². The first-order valence-corrected chi connectivity index (χ1v) is 25.7. The summed E-state index contributed by atoms with van der Waals surface area (Å²) in [5.74, 6) is 1.99. The van der Waals surface area contributed by atoms with Gasteiger partial charge in [-0.05, 0) is 152 Å². The lowest BCUT2D eigenvalue weighted by Gasteiger charge is -2.51. The van der Waals surface area contributed by atoms with Crippen molar-refractivity contribution in [2.45, 2.75) is 140 Å². The van der Waals surface area contributed by atoms with Crippen LogP contribution >= 0.6 is 0 Å². The molecule has 6 aliphatic carbocycles. The van der Waals surface area contributed by atoms with Crippen LogP contribution in [0.1, 0.15) is 131 Å². The van der Waals surface area contributed by atoms with Crippen LogP contribution in [-0.4, -0.2) is 92.1 Å². The lowest BCUT2D eigenvalue weighted by atomic mass is 9.73. The molecule has 71 heavy (non-hydrogen) atoms. The highest BCUT2D eigenvalue weighted by atomic mass is 16.5. The number of piperidine rings is 4. The second kappa shape index (κ2) is 19.8. The first-order chi connectivity index (χ1) is 34.3. The highest BCUT2D eigenvalue weighted by Gasteiger charge is 2.49. The molecule has 10 aliphatic rings. The third kappa shape index (κ3) is 9.26. The van der Waals surface area contributed by atoms with Crippen LogP contribution in [-0.2, 0) is 38.3 Å². The van der Waals surface area contributed by atoms with E-state index in [1.807, 2.05) is 36.0 Å². The predicted molar refractivity (Wildman–Crippen MR) is 272 cm³/mol. The second-order valence-electron chi connectivity index (χ2n) is 21.2. The van der Waals surface area contributed by atoms with Crippen molar-refractivity contribution in [3.8, 4) is 33.6 Å². The minimum Gasteiger partial charge on any atom is -0.453 e. The van der Waals surface area contributed by atoms with E-state index in [4.69, 9.17) is 19.4 Å². The molecule has 15 rings (SSSR count). The Hall–Kier alpha value is -6.70. The van der Waals surface area contributed by atoms with Gasteiger partial charge in [0, 0.05) is 17.6 Å². The van der Waals surface area contributed by atoms with Gasteiger partial charge in [0.25, 0.3) is 0 Å². The van der Waals surface area contributed by atoms with Crippen molar-refractivity contribution in [1.82, 2.24) is 40.4 Å². The van der Waals surface area contributed by atoms with Gasteiger partial charge in [-0.2, -0.15) is 0 Å². The van der Waals surface area contributed by atoms with E-state index in [0.717, 1.165) is 110 Å². The Morgan fingerprint density at radius 1 is 0.676 bits per heavy atom. The smallest absolute Gasteiger partial charge is 0.407 e. The highest BCUT2D eigenvalue weighted by Crippen LogP contribution is 2.49. The molecule has 4 amide bonds. The SMILES string of the molecule is C=C(C)[C@H](NC(=O)OC)C(=O)N1C2CCC(CC2)[C@H]1c1ncc(-c2ccc(-c3cc4ccc3CCc3ccc(c(-c5cnc([C@@H]6C7CCC(CC7)N6C(=O)[C@@H](NC(=O)OC)C(C)C)[nH]5)c3)C[C@H]4C)cc2)[nH]1. The molecule has 6 heterocycles. The number of hydrogen-bond acceptors (Lipinski definition) is 8. The molecule has 0 spiro atoms. The maximum Gasteiger partial charge on any atom is 0.407 e. The summed E-state index contributed by atoms with van der Waals surface area (Å²) in [7, 11) is 2.62. The summed E-state index contributed by atoms with van der Waals surface area (Å²) in [4.78, 5) is 74.5. The van der Waals surface area contributed by atoms with Crippen LogP contribution in [0.3, 0.4) is 0 Å². The Balaban J connectivity index is 0.880. The second-order valence-corrected chi connectivity index (χ2v) is 21.2. The van der Waals surface area contributed by atoms with Gasteiger partial charge in [-0.15, -0.1) is 0 Å². The van der Waals surface area contributed by atoms with E-state index in [1.54, 1.807) is 6.92 Å². The number of aromatic amines is 2. The largest absolute Gasteiger partial charge is 0.453 e. The summed E-state index contributed by atoms with van der Waals surface area (Å²) in [5, 5.41) is 5.53. The number of rotatable bonds is 11. The Bertz CT molecular complexity index is 2820. The zero-order chi connectivity index (χ0) is 49.7. The molecule has 4 N–H and O–H groups in total. The van der Waals surface area contributed by atoms with E-state index in [0.29, 0.717) is 5.57 Å². The number of fused-ring (bicyclic) bond motifs is 6. The van der Waals surface area contributed by atoms with E-state index in [-0.39, 0.29) is 59.7 Å². The number of nitrogens with zero attached hydrogens (tertiary/aromatic N) is 4. The van der Waals surface area contributed by atoms with Crippen LogP contribution in [0.4, 0.5) is 9.59 Å². The number of aromatic nitrogens is 4. The molecule has 8 bridgehead atoms. The normalized spacial score (nSPS) is 24.2. The fraction of sp³-hybridized carbons (Fsp3) is 0.474. The summed E-state index contributed by atoms with van der Waals surface area (Å²) >= 11 is 0. The topological polar surface area (TPSA) is 175 Å². The average molecular weight is 961 g/mol. The Morgan fingerprint density at radius 3 is 1.85 bits per heavy atom. The van der Waals surface area contributed by atoms with Crippen LogP contribution in [0.2, 0.25) is 0 Å². The fourth-order valence-corrected chi connectivity index (χ4v) is 12.6. The zero-order valence-electron chi connectivity index (χ0n) is 41.9. The van der Waals surface area contributed by atoms with Crippen LogP contribution in [0.5, 0.6) is 0 Å². The lowest BCUT2D eigenvalue weighted by Crippen LogP contribution is -2.59. The van der Waals surface area contributed by atoms with E-state index in [2.05, 4.69) is 94.8 Å². The average Bonchev–Trinajstić information content (AvgIpc) is 4.10. The third-order valence-corrected chi connectivity index (χ3v) is 16.5. The number of alkyl carbamates (subject to hydrolysis) is 2. The molecule has 14 nitrogen and oxygen atoms in total. The molecular formula is C57H68N8O6. The number of carbonyl (C=O) groups is 4. The van der Waals surface area contributed by atoms with Crippen LogP contribution < -0.4 is 10.6 Å². The molecule has 3 aromatic carbocycles. The summed E-state index contributed by atoms with van der Waals surface area (Å²) in [6.07, 6.45) is 13.0. The van der Waals surface area contributed by atoms with E-state index >= 15 is 0 Å². The Labute approximate surface area is 416 Å². The number of H-pyrrole nitrogens is 2. The molecule has 6 fully saturated rings. The monoisotopic (exact) mass is 961 g/mol. The molecule has 14 heteroatoms. The molecule has 4 aliphatic heterocycles. The number of methoxy groups -OCH3 is 2. The molecule has 0 unspecified atom stereocenters. The van der Waals surface area contributed by atoms with Crippen LogP contribution in [0.25, 0.3) is 33.6 Å². The molecule has 5 atom stereocenters. The fourth-order valence-electron chi connectivity index (χ4n) is 12.6. The molecule has 5 aromatic rings. The zero-order valence-corrected chi connectivity index (χ0v) is 41.9. The molecule has 0 radical (unpaired) electrons. The number of imidazole rings is 2.